The van der Waals surface area contributed by atoms with Gasteiger partial charge in [0.1, 0.15) is 0 Å². The van der Waals surface area contributed by atoms with Crippen molar-refractivity contribution >= 4 is 0 Å². The third-order valence-corrected chi connectivity index (χ3v) is 5.60. The van der Waals surface area contributed by atoms with Crippen molar-refractivity contribution in [3.05, 3.63) is 60.2 Å². The highest BCUT2D eigenvalue weighted by Crippen LogP contribution is 2.33. The number of benzene rings is 2. The molecular weight excluding hydrogens is 266 g/mol. The van der Waals surface area contributed by atoms with Crippen LogP contribution in [0.2, 0.25) is 0 Å². The minimum absolute atomic E-state index is 0.848. The van der Waals surface area contributed by atoms with Crippen molar-refractivity contribution in [3.63, 3.8) is 0 Å². The van der Waals surface area contributed by atoms with Gasteiger partial charge < -0.3 is 4.90 Å². The van der Waals surface area contributed by atoms with Crippen LogP contribution in [0.15, 0.2) is 54.6 Å². The van der Waals surface area contributed by atoms with Gasteiger partial charge in [-0.05, 0) is 67.8 Å². The standard InChI is InChI=1S/C21H25N/c1-2-4-19(5-3-1)20-9-6-17(7-10-20)8-11-21-16-18-12-14-22(21)15-13-18/h1-7,9-10,18,21H,8,11-16H2. The lowest BCUT2D eigenvalue weighted by Crippen LogP contribution is -2.48. The van der Waals surface area contributed by atoms with Gasteiger partial charge in [-0.2, -0.15) is 0 Å². The molecule has 2 aromatic rings. The predicted octanol–water partition coefficient (Wildman–Crippen LogP) is 4.77. The molecular formula is C21H25N. The van der Waals surface area contributed by atoms with Gasteiger partial charge in [0.05, 0.1) is 0 Å². The highest BCUT2D eigenvalue weighted by atomic mass is 15.2. The number of aryl methyl sites for hydroxylation is 1. The number of fused-ring (bicyclic) bond motifs is 3. The summed E-state index contributed by atoms with van der Waals surface area (Å²) in [6, 6.07) is 20.7. The van der Waals surface area contributed by atoms with Gasteiger partial charge in [0.15, 0.2) is 0 Å². The van der Waals surface area contributed by atoms with Gasteiger partial charge in [-0.15, -0.1) is 0 Å². The average Bonchev–Trinajstić information content (AvgIpc) is 2.62. The van der Waals surface area contributed by atoms with Gasteiger partial charge in [-0.1, -0.05) is 54.6 Å². The molecule has 1 unspecified atom stereocenters. The fourth-order valence-corrected chi connectivity index (χ4v) is 4.22. The minimum Gasteiger partial charge on any atom is -0.300 e. The van der Waals surface area contributed by atoms with E-state index in [0.717, 1.165) is 12.0 Å². The minimum atomic E-state index is 0.848. The predicted molar refractivity (Wildman–Crippen MR) is 92.9 cm³/mol. The molecule has 0 aliphatic carbocycles. The first-order valence-electron chi connectivity index (χ1n) is 8.77. The molecule has 1 nitrogen and oxygen atoms in total. The van der Waals surface area contributed by atoms with Crippen molar-refractivity contribution in [2.45, 2.75) is 38.1 Å². The van der Waals surface area contributed by atoms with E-state index < -0.39 is 0 Å². The van der Waals surface area contributed by atoms with Crippen molar-refractivity contribution < 1.29 is 0 Å². The molecule has 3 aliphatic rings. The fourth-order valence-electron chi connectivity index (χ4n) is 4.22. The van der Waals surface area contributed by atoms with E-state index in [-0.39, 0.29) is 0 Å². The van der Waals surface area contributed by atoms with E-state index in [1.54, 1.807) is 0 Å². The summed E-state index contributed by atoms with van der Waals surface area (Å²) in [6.07, 6.45) is 6.90. The van der Waals surface area contributed by atoms with Crippen molar-refractivity contribution in [2.24, 2.45) is 5.92 Å². The quantitative estimate of drug-likeness (QED) is 0.784. The van der Waals surface area contributed by atoms with E-state index in [0.29, 0.717) is 0 Å². The van der Waals surface area contributed by atoms with Crippen molar-refractivity contribution in [2.75, 3.05) is 13.1 Å². The van der Waals surface area contributed by atoms with Crippen LogP contribution in [0.3, 0.4) is 0 Å². The second-order valence-electron chi connectivity index (χ2n) is 6.97. The van der Waals surface area contributed by atoms with Crippen LogP contribution < -0.4 is 0 Å². The zero-order chi connectivity index (χ0) is 14.8. The summed E-state index contributed by atoms with van der Waals surface area (Å²) in [7, 11) is 0. The summed E-state index contributed by atoms with van der Waals surface area (Å²) in [5.41, 5.74) is 4.12. The molecule has 3 saturated heterocycles. The molecule has 22 heavy (non-hydrogen) atoms. The van der Waals surface area contributed by atoms with E-state index in [2.05, 4.69) is 59.5 Å². The molecule has 0 radical (unpaired) electrons. The molecule has 3 heterocycles. The first-order chi connectivity index (χ1) is 10.9. The molecule has 3 fully saturated rings. The number of rotatable bonds is 4. The Hall–Kier alpha value is -1.60. The monoisotopic (exact) mass is 291 g/mol. The lowest BCUT2D eigenvalue weighted by atomic mass is 9.81. The summed E-state index contributed by atoms with van der Waals surface area (Å²) in [5, 5.41) is 0. The Labute approximate surface area is 134 Å². The molecule has 2 aromatic carbocycles. The van der Waals surface area contributed by atoms with E-state index in [9.17, 15) is 0 Å². The SMILES string of the molecule is c1ccc(-c2ccc(CCC3CC4CCN3CC4)cc2)cc1. The molecule has 0 amide bonds. The summed E-state index contributed by atoms with van der Waals surface area (Å²) in [5.74, 6) is 1.02. The first kappa shape index (κ1) is 14.0. The molecule has 1 heteroatoms. The summed E-state index contributed by atoms with van der Waals surface area (Å²) >= 11 is 0. The third kappa shape index (κ3) is 2.96. The van der Waals surface area contributed by atoms with Crippen LogP contribution in [0.25, 0.3) is 11.1 Å². The largest absolute Gasteiger partial charge is 0.300 e. The molecule has 0 saturated carbocycles. The van der Waals surface area contributed by atoms with Crippen molar-refractivity contribution in [1.29, 1.82) is 0 Å². The van der Waals surface area contributed by atoms with Crippen LogP contribution in [0.4, 0.5) is 0 Å². The number of hydrogen-bond donors (Lipinski definition) is 0. The van der Waals surface area contributed by atoms with Gasteiger partial charge >= 0.3 is 0 Å². The summed E-state index contributed by atoms with van der Waals surface area (Å²) in [6.45, 7) is 2.70. The lowest BCUT2D eigenvalue weighted by Gasteiger charge is -2.45. The topological polar surface area (TPSA) is 3.24 Å². The van der Waals surface area contributed by atoms with Gasteiger partial charge in [0.25, 0.3) is 0 Å². The van der Waals surface area contributed by atoms with E-state index in [4.69, 9.17) is 0 Å². The molecule has 0 aromatic heterocycles. The van der Waals surface area contributed by atoms with Gasteiger partial charge in [-0.3, -0.25) is 0 Å². The van der Waals surface area contributed by atoms with Crippen LogP contribution >= 0.6 is 0 Å². The van der Waals surface area contributed by atoms with Crippen LogP contribution in [0.5, 0.6) is 0 Å². The number of hydrogen-bond acceptors (Lipinski definition) is 1. The number of piperidine rings is 3. The van der Waals surface area contributed by atoms with Crippen LogP contribution in [0.1, 0.15) is 31.2 Å². The zero-order valence-electron chi connectivity index (χ0n) is 13.2. The molecule has 3 aliphatic heterocycles. The number of nitrogens with zero attached hydrogens (tertiary/aromatic N) is 1. The van der Waals surface area contributed by atoms with Gasteiger partial charge in [-0.25, -0.2) is 0 Å². The van der Waals surface area contributed by atoms with E-state index >= 15 is 0 Å². The second kappa shape index (κ2) is 6.26. The Kier molecular flexibility index (Phi) is 3.99. The molecule has 5 rings (SSSR count). The van der Waals surface area contributed by atoms with Crippen molar-refractivity contribution in [3.8, 4) is 11.1 Å². The Balaban J connectivity index is 1.38. The average molecular weight is 291 g/mol. The smallest absolute Gasteiger partial charge is 0.0101 e. The van der Waals surface area contributed by atoms with Crippen LogP contribution in [-0.2, 0) is 6.42 Å². The Morgan fingerprint density at radius 2 is 1.50 bits per heavy atom. The zero-order valence-corrected chi connectivity index (χ0v) is 13.2. The highest BCUT2D eigenvalue weighted by Gasteiger charge is 2.32. The molecule has 0 spiro atoms. The maximum absolute atomic E-state index is 2.73. The van der Waals surface area contributed by atoms with E-state index in [1.807, 2.05) is 0 Å². The maximum atomic E-state index is 2.73. The first-order valence-corrected chi connectivity index (χ1v) is 8.77. The van der Waals surface area contributed by atoms with E-state index in [1.165, 1.54) is 61.9 Å². The normalized spacial score (nSPS) is 27.0. The lowest BCUT2D eigenvalue weighted by molar-refractivity contribution is 0.0454. The van der Waals surface area contributed by atoms with Gasteiger partial charge in [0, 0.05) is 6.04 Å². The van der Waals surface area contributed by atoms with Crippen LogP contribution in [-0.4, -0.2) is 24.0 Å². The highest BCUT2D eigenvalue weighted by molar-refractivity contribution is 5.63. The van der Waals surface area contributed by atoms with Crippen LogP contribution in [0, 0.1) is 5.92 Å². The van der Waals surface area contributed by atoms with Gasteiger partial charge in [0.2, 0.25) is 0 Å². The Bertz CT molecular complexity index is 594. The fraction of sp³-hybridized carbons (Fsp3) is 0.429. The van der Waals surface area contributed by atoms with Crippen molar-refractivity contribution in [1.82, 2.24) is 4.90 Å². The Morgan fingerprint density at radius 1 is 0.818 bits per heavy atom. The maximum Gasteiger partial charge on any atom is 0.0101 e. The summed E-state index contributed by atoms with van der Waals surface area (Å²) < 4.78 is 0. The third-order valence-electron chi connectivity index (χ3n) is 5.60. The molecule has 114 valence electrons. The molecule has 2 bridgehead atoms. The second-order valence-corrected chi connectivity index (χ2v) is 6.97. The molecule has 1 atom stereocenters. The molecule has 0 N–H and O–H groups in total. The summed E-state index contributed by atoms with van der Waals surface area (Å²) in [4.78, 5) is 2.73. The Morgan fingerprint density at radius 3 is 2.14 bits per heavy atom.